The molecule has 0 amide bonds. The van der Waals surface area contributed by atoms with Gasteiger partial charge in [0.15, 0.2) is 11.5 Å². The fraction of sp³-hybridized carbons (Fsp3) is 0.267. The lowest BCUT2D eigenvalue weighted by Crippen LogP contribution is -2.06. The standard InChI is InChI=1S/C15H15ClO5/c1-8(17)21-13-10-6-5-9(16)7-11(10)12(18-2)14(19-3)15(13)20-4/h5-7H,1-4H3. The van der Waals surface area contributed by atoms with Crippen LogP contribution in [0.5, 0.6) is 23.0 Å². The van der Waals surface area contributed by atoms with Gasteiger partial charge in [-0.1, -0.05) is 11.6 Å². The Labute approximate surface area is 127 Å². The highest BCUT2D eigenvalue weighted by Crippen LogP contribution is 2.51. The van der Waals surface area contributed by atoms with Crippen LogP contribution in [0.25, 0.3) is 10.8 Å². The third kappa shape index (κ3) is 2.69. The minimum absolute atomic E-state index is 0.273. The van der Waals surface area contributed by atoms with Crippen molar-refractivity contribution in [3.05, 3.63) is 23.2 Å². The molecule has 2 rings (SSSR count). The molecule has 0 N–H and O–H groups in total. The first-order chi connectivity index (χ1) is 10.0. The molecule has 0 aliphatic rings. The van der Waals surface area contributed by atoms with Gasteiger partial charge in [-0.15, -0.1) is 0 Å². The molecule has 0 aliphatic heterocycles. The van der Waals surface area contributed by atoms with Gasteiger partial charge in [-0.2, -0.15) is 0 Å². The Hall–Kier alpha value is -2.14. The highest BCUT2D eigenvalue weighted by atomic mass is 35.5. The molecule has 2 aromatic rings. The Morgan fingerprint density at radius 2 is 1.48 bits per heavy atom. The molecule has 112 valence electrons. The molecule has 21 heavy (non-hydrogen) atoms. The zero-order valence-corrected chi connectivity index (χ0v) is 12.9. The van der Waals surface area contributed by atoms with Crippen molar-refractivity contribution >= 4 is 28.3 Å². The molecule has 0 saturated carbocycles. The molecular formula is C15H15ClO5. The predicted molar refractivity (Wildman–Crippen MR) is 79.9 cm³/mol. The van der Waals surface area contributed by atoms with Crippen molar-refractivity contribution in [2.45, 2.75) is 6.92 Å². The minimum atomic E-state index is -0.461. The maximum absolute atomic E-state index is 11.4. The van der Waals surface area contributed by atoms with Gasteiger partial charge in [0.2, 0.25) is 11.5 Å². The third-order valence-electron chi connectivity index (χ3n) is 2.95. The summed E-state index contributed by atoms with van der Waals surface area (Å²) in [6.45, 7) is 1.32. The molecule has 0 atom stereocenters. The van der Waals surface area contributed by atoms with Crippen LogP contribution in [0.1, 0.15) is 6.92 Å². The SMILES string of the molecule is COc1c(OC)c(OC(C)=O)c2ccc(Cl)cc2c1OC. The number of hydrogen-bond acceptors (Lipinski definition) is 5. The molecule has 0 aliphatic carbocycles. The lowest BCUT2D eigenvalue weighted by atomic mass is 10.1. The second-order valence-electron chi connectivity index (χ2n) is 4.21. The molecule has 0 saturated heterocycles. The van der Waals surface area contributed by atoms with Crippen LogP contribution in [-0.4, -0.2) is 27.3 Å². The summed E-state index contributed by atoms with van der Waals surface area (Å²) in [6, 6.07) is 5.15. The van der Waals surface area contributed by atoms with Crippen molar-refractivity contribution in [3.63, 3.8) is 0 Å². The molecule has 2 aromatic carbocycles. The van der Waals surface area contributed by atoms with Gasteiger partial charge in [0.1, 0.15) is 0 Å². The van der Waals surface area contributed by atoms with E-state index in [1.54, 1.807) is 18.2 Å². The van der Waals surface area contributed by atoms with Crippen molar-refractivity contribution < 1.29 is 23.7 Å². The average molecular weight is 311 g/mol. The summed E-state index contributed by atoms with van der Waals surface area (Å²) in [7, 11) is 4.46. The first-order valence-electron chi connectivity index (χ1n) is 6.13. The van der Waals surface area contributed by atoms with E-state index < -0.39 is 5.97 Å². The lowest BCUT2D eigenvalue weighted by Gasteiger charge is -2.18. The first kappa shape index (κ1) is 15.3. The van der Waals surface area contributed by atoms with Gasteiger partial charge in [-0.3, -0.25) is 4.79 Å². The predicted octanol–water partition coefficient (Wildman–Crippen LogP) is 3.44. The number of methoxy groups -OCH3 is 3. The van der Waals surface area contributed by atoms with Crippen LogP contribution in [0.4, 0.5) is 0 Å². The molecule has 0 radical (unpaired) electrons. The molecule has 0 unspecified atom stereocenters. The van der Waals surface area contributed by atoms with E-state index in [1.165, 1.54) is 28.3 Å². The number of carbonyl (C=O) groups is 1. The number of esters is 1. The van der Waals surface area contributed by atoms with Crippen LogP contribution in [0.3, 0.4) is 0 Å². The Balaban J connectivity index is 2.94. The summed E-state index contributed by atoms with van der Waals surface area (Å²) in [5.41, 5.74) is 0. The maximum Gasteiger partial charge on any atom is 0.308 e. The lowest BCUT2D eigenvalue weighted by molar-refractivity contribution is -0.131. The molecule has 6 heteroatoms. The minimum Gasteiger partial charge on any atom is -0.492 e. The van der Waals surface area contributed by atoms with Crippen LogP contribution in [0, 0.1) is 0 Å². The normalized spacial score (nSPS) is 10.3. The number of carbonyl (C=O) groups excluding carboxylic acids is 1. The van der Waals surface area contributed by atoms with Crippen molar-refractivity contribution in [1.29, 1.82) is 0 Å². The second-order valence-corrected chi connectivity index (χ2v) is 4.65. The molecule has 0 fully saturated rings. The summed E-state index contributed by atoms with van der Waals surface area (Å²) in [6.07, 6.45) is 0. The van der Waals surface area contributed by atoms with Crippen molar-refractivity contribution in [2.75, 3.05) is 21.3 Å². The van der Waals surface area contributed by atoms with Crippen molar-refractivity contribution in [3.8, 4) is 23.0 Å². The first-order valence-corrected chi connectivity index (χ1v) is 6.50. The van der Waals surface area contributed by atoms with Crippen molar-refractivity contribution in [2.24, 2.45) is 0 Å². The Bertz CT molecular complexity index is 696. The number of hydrogen-bond donors (Lipinski definition) is 0. The van der Waals surface area contributed by atoms with Crippen molar-refractivity contribution in [1.82, 2.24) is 0 Å². The molecule has 0 spiro atoms. The van der Waals surface area contributed by atoms with Gasteiger partial charge < -0.3 is 18.9 Å². The number of rotatable bonds is 4. The van der Waals surface area contributed by atoms with E-state index in [4.69, 9.17) is 30.5 Å². The van der Waals surface area contributed by atoms with Gasteiger partial charge in [0.25, 0.3) is 0 Å². The molecule has 5 nitrogen and oxygen atoms in total. The maximum atomic E-state index is 11.4. The van der Waals surface area contributed by atoms with E-state index in [1.807, 2.05) is 0 Å². The quantitative estimate of drug-likeness (QED) is 0.639. The summed E-state index contributed by atoms with van der Waals surface area (Å²) >= 11 is 6.04. The number of halogens is 1. The average Bonchev–Trinajstić information content (AvgIpc) is 2.45. The van der Waals surface area contributed by atoms with Gasteiger partial charge in [0.05, 0.1) is 21.3 Å². The fourth-order valence-electron chi connectivity index (χ4n) is 2.17. The summed E-state index contributed by atoms with van der Waals surface area (Å²) in [5.74, 6) is 0.902. The molecular weight excluding hydrogens is 296 g/mol. The van der Waals surface area contributed by atoms with Gasteiger partial charge in [-0.25, -0.2) is 0 Å². The van der Waals surface area contributed by atoms with Crippen LogP contribution in [-0.2, 0) is 4.79 Å². The second kappa shape index (κ2) is 6.10. The number of fused-ring (bicyclic) bond motifs is 1. The summed E-state index contributed by atoms with van der Waals surface area (Å²) in [4.78, 5) is 11.4. The van der Waals surface area contributed by atoms with Crippen LogP contribution < -0.4 is 18.9 Å². The summed E-state index contributed by atoms with van der Waals surface area (Å²) in [5, 5.41) is 1.84. The van der Waals surface area contributed by atoms with E-state index in [0.717, 1.165) is 0 Å². The molecule has 0 aromatic heterocycles. The Kier molecular flexibility index (Phi) is 4.43. The van der Waals surface area contributed by atoms with E-state index in [2.05, 4.69) is 0 Å². The topological polar surface area (TPSA) is 54.0 Å². The molecule has 0 heterocycles. The Morgan fingerprint density at radius 3 is 2.00 bits per heavy atom. The van der Waals surface area contributed by atoms with E-state index in [9.17, 15) is 4.79 Å². The highest BCUT2D eigenvalue weighted by Gasteiger charge is 2.24. The van der Waals surface area contributed by atoms with Gasteiger partial charge >= 0.3 is 5.97 Å². The Morgan fingerprint density at radius 1 is 0.905 bits per heavy atom. The van der Waals surface area contributed by atoms with Crippen LogP contribution in [0.2, 0.25) is 5.02 Å². The smallest absolute Gasteiger partial charge is 0.308 e. The van der Waals surface area contributed by atoms with E-state index in [-0.39, 0.29) is 5.75 Å². The highest BCUT2D eigenvalue weighted by molar-refractivity contribution is 6.31. The monoisotopic (exact) mass is 310 g/mol. The molecule has 0 bridgehead atoms. The fourth-order valence-corrected chi connectivity index (χ4v) is 2.34. The zero-order chi connectivity index (χ0) is 15.6. The summed E-state index contributed by atoms with van der Waals surface area (Å²) < 4.78 is 21.4. The van der Waals surface area contributed by atoms with E-state index in [0.29, 0.717) is 33.0 Å². The number of benzene rings is 2. The third-order valence-corrected chi connectivity index (χ3v) is 3.18. The van der Waals surface area contributed by atoms with Crippen LogP contribution in [0.15, 0.2) is 18.2 Å². The largest absolute Gasteiger partial charge is 0.492 e. The number of ether oxygens (including phenoxy) is 4. The van der Waals surface area contributed by atoms with Gasteiger partial charge in [-0.05, 0) is 18.2 Å². The van der Waals surface area contributed by atoms with E-state index >= 15 is 0 Å². The van der Waals surface area contributed by atoms with Gasteiger partial charge in [0, 0.05) is 22.7 Å². The zero-order valence-electron chi connectivity index (χ0n) is 12.2. The van der Waals surface area contributed by atoms with Crippen LogP contribution >= 0.6 is 11.6 Å².